The van der Waals surface area contributed by atoms with Crippen LogP contribution in [0.1, 0.15) is 10.4 Å². The highest BCUT2D eigenvalue weighted by Gasteiger charge is 2.10. The molecule has 20 heavy (non-hydrogen) atoms. The molecule has 0 aromatic heterocycles. The Morgan fingerprint density at radius 2 is 1.75 bits per heavy atom. The van der Waals surface area contributed by atoms with Gasteiger partial charge in [0.1, 0.15) is 17.3 Å². The smallest absolute Gasteiger partial charge is 0.255 e. The van der Waals surface area contributed by atoms with E-state index >= 15 is 0 Å². The second kappa shape index (κ2) is 6.06. The lowest BCUT2D eigenvalue weighted by molar-refractivity contribution is 0.102. The van der Waals surface area contributed by atoms with Gasteiger partial charge in [-0.1, -0.05) is 0 Å². The molecular weight excluding hydrogens is 261 g/mol. The van der Waals surface area contributed by atoms with Gasteiger partial charge in [-0.3, -0.25) is 4.79 Å². The molecule has 0 aliphatic heterocycles. The molecule has 2 rings (SSSR count). The van der Waals surface area contributed by atoms with Gasteiger partial charge in [-0.25, -0.2) is 4.39 Å². The minimum atomic E-state index is -0.427. The highest BCUT2D eigenvalue weighted by molar-refractivity contribution is 6.05. The average molecular weight is 275 g/mol. The number of halogens is 1. The number of nitrogens with one attached hydrogen (secondary N) is 1. The van der Waals surface area contributed by atoms with Crippen molar-refractivity contribution in [1.82, 2.24) is 0 Å². The highest BCUT2D eigenvalue weighted by Crippen LogP contribution is 2.25. The van der Waals surface area contributed by atoms with Crippen LogP contribution in [-0.4, -0.2) is 20.1 Å². The third-order valence-corrected chi connectivity index (χ3v) is 2.76. The molecule has 0 atom stereocenters. The largest absolute Gasteiger partial charge is 0.497 e. The Morgan fingerprint density at radius 3 is 2.35 bits per heavy atom. The summed E-state index contributed by atoms with van der Waals surface area (Å²) in [5, 5.41) is 2.67. The van der Waals surface area contributed by atoms with E-state index in [1.54, 1.807) is 31.4 Å². The van der Waals surface area contributed by atoms with E-state index in [4.69, 9.17) is 9.47 Å². The molecule has 0 aliphatic rings. The Balaban J connectivity index is 2.18. The summed E-state index contributed by atoms with van der Waals surface area (Å²) >= 11 is 0. The van der Waals surface area contributed by atoms with E-state index in [9.17, 15) is 9.18 Å². The second-order valence-electron chi connectivity index (χ2n) is 4.03. The number of carbonyl (C=O) groups excluding carboxylic acids is 1. The van der Waals surface area contributed by atoms with Crippen LogP contribution in [0.5, 0.6) is 11.5 Å². The summed E-state index contributed by atoms with van der Waals surface area (Å²) in [4.78, 5) is 12.1. The van der Waals surface area contributed by atoms with Gasteiger partial charge in [0.2, 0.25) is 0 Å². The Morgan fingerprint density at radius 1 is 1.05 bits per heavy atom. The van der Waals surface area contributed by atoms with Gasteiger partial charge in [-0.05, 0) is 36.4 Å². The van der Waals surface area contributed by atoms with Gasteiger partial charge in [-0.15, -0.1) is 0 Å². The van der Waals surface area contributed by atoms with Crippen LogP contribution >= 0.6 is 0 Å². The molecule has 5 heteroatoms. The Kier molecular flexibility index (Phi) is 4.20. The van der Waals surface area contributed by atoms with Crippen LogP contribution in [0.3, 0.4) is 0 Å². The summed E-state index contributed by atoms with van der Waals surface area (Å²) < 4.78 is 23.1. The van der Waals surface area contributed by atoms with Gasteiger partial charge in [0.05, 0.1) is 19.9 Å². The third kappa shape index (κ3) is 3.06. The highest BCUT2D eigenvalue weighted by atomic mass is 19.1. The van der Waals surface area contributed by atoms with Crippen LogP contribution in [0.25, 0.3) is 0 Å². The number of benzene rings is 2. The fraction of sp³-hybridized carbons (Fsp3) is 0.133. The minimum absolute atomic E-state index is 0.270. The first-order valence-electron chi connectivity index (χ1n) is 5.93. The van der Waals surface area contributed by atoms with Crippen molar-refractivity contribution in [1.29, 1.82) is 0 Å². The molecule has 2 aromatic carbocycles. The molecule has 0 aliphatic carbocycles. The SMILES string of the molecule is COc1ccc(C(=O)Nc2ccc(F)cc2OC)cc1. The quantitative estimate of drug-likeness (QED) is 0.932. The molecule has 0 saturated heterocycles. The Labute approximate surface area is 116 Å². The summed E-state index contributed by atoms with van der Waals surface area (Å²) in [6.45, 7) is 0. The maximum absolute atomic E-state index is 13.1. The summed E-state index contributed by atoms with van der Waals surface area (Å²) in [7, 11) is 2.97. The second-order valence-corrected chi connectivity index (χ2v) is 4.03. The zero-order valence-electron chi connectivity index (χ0n) is 11.1. The van der Waals surface area contributed by atoms with Crippen LogP contribution < -0.4 is 14.8 Å². The number of hydrogen-bond donors (Lipinski definition) is 1. The van der Waals surface area contributed by atoms with Crippen LogP contribution in [0, 0.1) is 5.82 Å². The van der Waals surface area contributed by atoms with Crippen molar-refractivity contribution in [2.24, 2.45) is 0 Å². The van der Waals surface area contributed by atoms with E-state index in [2.05, 4.69) is 5.32 Å². The van der Waals surface area contributed by atoms with E-state index in [1.165, 1.54) is 25.3 Å². The summed E-state index contributed by atoms with van der Waals surface area (Å²) in [5.41, 5.74) is 0.881. The molecule has 104 valence electrons. The Bertz CT molecular complexity index is 611. The molecule has 2 aromatic rings. The molecular formula is C15H14FNO3. The van der Waals surface area contributed by atoms with Crippen LogP contribution in [-0.2, 0) is 0 Å². The fourth-order valence-electron chi connectivity index (χ4n) is 1.71. The Hall–Kier alpha value is -2.56. The van der Waals surface area contributed by atoms with Gasteiger partial charge in [0.25, 0.3) is 5.91 Å². The van der Waals surface area contributed by atoms with Crippen LogP contribution in [0.4, 0.5) is 10.1 Å². The first-order chi connectivity index (χ1) is 9.63. The van der Waals surface area contributed by atoms with Crippen LogP contribution in [0.2, 0.25) is 0 Å². The molecule has 0 unspecified atom stereocenters. The van der Waals surface area contributed by atoms with E-state index < -0.39 is 5.82 Å². The average Bonchev–Trinajstić information content (AvgIpc) is 2.49. The van der Waals surface area contributed by atoms with Crippen LogP contribution in [0.15, 0.2) is 42.5 Å². The first kappa shape index (κ1) is 13.9. The predicted molar refractivity (Wildman–Crippen MR) is 73.9 cm³/mol. The van der Waals surface area contributed by atoms with Crippen molar-refractivity contribution in [3.05, 3.63) is 53.8 Å². The van der Waals surface area contributed by atoms with E-state index in [-0.39, 0.29) is 11.7 Å². The van der Waals surface area contributed by atoms with Gasteiger partial charge >= 0.3 is 0 Å². The van der Waals surface area contributed by atoms with Gasteiger partial charge in [0, 0.05) is 11.6 Å². The molecule has 0 heterocycles. The number of anilines is 1. The predicted octanol–water partition coefficient (Wildman–Crippen LogP) is 3.10. The number of hydrogen-bond acceptors (Lipinski definition) is 3. The number of amides is 1. The van der Waals surface area contributed by atoms with Crippen molar-refractivity contribution >= 4 is 11.6 Å². The zero-order valence-corrected chi connectivity index (χ0v) is 11.1. The third-order valence-electron chi connectivity index (χ3n) is 2.76. The van der Waals surface area contributed by atoms with Crippen molar-refractivity contribution in [3.8, 4) is 11.5 Å². The monoisotopic (exact) mass is 275 g/mol. The summed E-state index contributed by atoms with van der Waals surface area (Å²) in [6, 6.07) is 10.6. The first-order valence-corrected chi connectivity index (χ1v) is 5.93. The summed E-state index contributed by atoms with van der Waals surface area (Å²) in [6.07, 6.45) is 0. The topological polar surface area (TPSA) is 47.6 Å². The molecule has 0 bridgehead atoms. The lowest BCUT2D eigenvalue weighted by Gasteiger charge is -2.10. The minimum Gasteiger partial charge on any atom is -0.497 e. The number of rotatable bonds is 4. The summed E-state index contributed by atoms with van der Waals surface area (Å²) in [5.74, 6) is 0.203. The van der Waals surface area contributed by atoms with Gasteiger partial charge < -0.3 is 14.8 Å². The molecule has 0 fully saturated rings. The molecule has 0 spiro atoms. The molecule has 4 nitrogen and oxygen atoms in total. The van der Waals surface area contributed by atoms with Crippen molar-refractivity contribution in [3.63, 3.8) is 0 Å². The van der Waals surface area contributed by atoms with Crippen molar-refractivity contribution in [2.75, 3.05) is 19.5 Å². The molecule has 0 saturated carbocycles. The van der Waals surface area contributed by atoms with E-state index in [0.29, 0.717) is 17.0 Å². The zero-order chi connectivity index (χ0) is 14.5. The van der Waals surface area contributed by atoms with Gasteiger partial charge in [0.15, 0.2) is 0 Å². The standard InChI is InChI=1S/C15H14FNO3/c1-19-12-6-3-10(4-7-12)15(18)17-13-8-5-11(16)9-14(13)20-2/h3-9H,1-2H3,(H,17,18). The normalized spacial score (nSPS) is 9.95. The number of ether oxygens (including phenoxy) is 2. The lowest BCUT2D eigenvalue weighted by atomic mass is 10.2. The molecule has 1 N–H and O–H groups in total. The maximum Gasteiger partial charge on any atom is 0.255 e. The molecule has 1 amide bonds. The molecule has 0 radical (unpaired) electrons. The van der Waals surface area contributed by atoms with E-state index in [1.807, 2.05) is 0 Å². The van der Waals surface area contributed by atoms with Crippen molar-refractivity contribution < 1.29 is 18.7 Å². The fourth-order valence-corrected chi connectivity index (χ4v) is 1.71. The maximum atomic E-state index is 13.1. The lowest BCUT2D eigenvalue weighted by Crippen LogP contribution is -2.12. The number of carbonyl (C=O) groups is 1. The van der Waals surface area contributed by atoms with Crippen molar-refractivity contribution in [2.45, 2.75) is 0 Å². The number of methoxy groups -OCH3 is 2. The van der Waals surface area contributed by atoms with Gasteiger partial charge in [-0.2, -0.15) is 0 Å². The van der Waals surface area contributed by atoms with E-state index in [0.717, 1.165) is 0 Å².